The molecule has 0 saturated carbocycles. The zero-order valence-corrected chi connectivity index (χ0v) is 16.1. The molecule has 1 aliphatic rings. The summed E-state index contributed by atoms with van der Waals surface area (Å²) in [5.74, 6) is 0. The number of amides is 2. The van der Waals surface area contributed by atoms with Crippen LogP contribution < -0.4 is 5.32 Å². The molecule has 2 amide bonds. The molecule has 0 radical (unpaired) electrons. The summed E-state index contributed by atoms with van der Waals surface area (Å²) in [7, 11) is 0. The monoisotopic (exact) mass is 348 g/mol. The minimum absolute atomic E-state index is 0.0162. The lowest BCUT2D eigenvalue weighted by atomic mass is 9.85. The highest BCUT2D eigenvalue weighted by atomic mass is 16.3. The van der Waals surface area contributed by atoms with Crippen LogP contribution in [0.3, 0.4) is 0 Å². The summed E-state index contributed by atoms with van der Waals surface area (Å²) in [4.78, 5) is 20.8. The van der Waals surface area contributed by atoms with E-state index in [2.05, 4.69) is 36.0 Å². The molecule has 6 nitrogen and oxygen atoms in total. The molecule has 1 atom stereocenters. The van der Waals surface area contributed by atoms with Crippen molar-refractivity contribution in [3.8, 4) is 0 Å². The highest BCUT2D eigenvalue weighted by Gasteiger charge is 2.30. The first-order valence-electron chi connectivity index (χ1n) is 8.98. The standard InChI is InChI=1S/C19H32N4O2/c1-15-12-22(14-19(4,5)25)10-11-23(15)17(24)21-13-18(2,3)16-6-8-20-9-7-16/h6-9,15,25H,10-14H2,1-5H3,(H,21,24). The van der Waals surface area contributed by atoms with Gasteiger partial charge >= 0.3 is 6.03 Å². The van der Waals surface area contributed by atoms with Crippen LogP contribution in [-0.2, 0) is 5.41 Å². The van der Waals surface area contributed by atoms with Crippen molar-refractivity contribution >= 4 is 6.03 Å². The van der Waals surface area contributed by atoms with Crippen molar-refractivity contribution in [2.75, 3.05) is 32.7 Å². The number of carbonyl (C=O) groups excluding carboxylic acids is 1. The number of β-amino-alcohol motifs (C(OH)–C–C–N with tert-alkyl or cyclic N) is 1. The van der Waals surface area contributed by atoms with Crippen molar-refractivity contribution in [1.29, 1.82) is 0 Å². The van der Waals surface area contributed by atoms with Crippen LogP contribution in [0.4, 0.5) is 4.79 Å². The quantitative estimate of drug-likeness (QED) is 0.852. The molecule has 1 aromatic heterocycles. The van der Waals surface area contributed by atoms with Gasteiger partial charge in [-0.1, -0.05) is 13.8 Å². The molecule has 25 heavy (non-hydrogen) atoms. The SMILES string of the molecule is CC1CN(CC(C)(C)O)CCN1C(=O)NCC(C)(C)c1ccncc1. The number of carbonyl (C=O) groups is 1. The van der Waals surface area contributed by atoms with E-state index in [1.54, 1.807) is 12.4 Å². The summed E-state index contributed by atoms with van der Waals surface area (Å²) in [6.07, 6.45) is 3.56. The summed E-state index contributed by atoms with van der Waals surface area (Å²) in [5, 5.41) is 13.1. The number of piperazine rings is 1. The Morgan fingerprint density at radius 1 is 1.28 bits per heavy atom. The van der Waals surface area contributed by atoms with Gasteiger partial charge in [0, 0.05) is 56.6 Å². The number of pyridine rings is 1. The summed E-state index contributed by atoms with van der Waals surface area (Å²) in [5.41, 5.74) is 0.300. The molecule has 6 heteroatoms. The van der Waals surface area contributed by atoms with Crippen molar-refractivity contribution < 1.29 is 9.90 Å². The Kier molecular flexibility index (Phi) is 6.06. The Labute approximate surface area is 151 Å². The molecule has 0 spiro atoms. The smallest absolute Gasteiger partial charge is 0.317 e. The first kappa shape index (κ1) is 19.7. The van der Waals surface area contributed by atoms with Gasteiger partial charge in [-0.15, -0.1) is 0 Å². The maximum absolute atomic E-state index is 12.6. The summed E-state index contributed by atoms with van der Waals surface area (Å²) >= 11 is 0. The number of hydrogen-bond donors (Lipinski definition) is 2. The minimum Gasteiger partial charge on any atom is -0.389 e. The molecule has 1 fully saturated rings. The maximum Gasteiger partial charge on any atom is 0.317 e. The van der Waals surface area contributed by atoms with Crippen LogP contribution in [0.1, 0.15) is 40.2 Å². The first-order valence-corrected chi connectivity index (χ1v) is 8.98. The van der Waals surface area contributed by atoms with Gasteiger partial charge in [0.05, 0.1) is 5.60 Å². The van der Waals surface area contributed by atoms with Crippen molar-refractivity contribution in [3.63, 3.8) is 0 Å². The van der Waals surface area contributed by atoms with Gasteiger partial charge in [-0.2, -0.15) is 0 Å². The van der Waals surface area contributed by atoms with E-state index in [0.717, 1.165) is 18.7 Å². The Balaban J connectivity index is 1.87. The third-order valence-electron chi connectivity index (χ3n) is 4.73. The van der Waals surface area contributed by atoms with Crippen LogP contribution >= 0.6 is 0 Å². The average Bonchev–Trinajstić information content (AvgIpc) is 2.52. The van der Waals surface area contributed by atoms with Crippen LogP contribution in [0.15, 0.2) is 24.5 Å². The maximum atomic E-state index is 12.6. The van der Waals surface area contributed by atoms with E-state index in [4.69, 9.17) is 0 Å². The van der Waals surface area contributed by atoms with E-state index in [9.17, 15) is 9.90 Å². The van der Waals surface area contributed by atoms with Crippen LogP contribution in [0.2, 0.25) is 0 Å². The van der Waals surface area contributed by atoms with Crippen LogP contribution in [0.5, 0.6) is 0 Å². The lowest BCUT2D eigenvalue weighted by molar-refractivity contribution is 0.0118. The minimum atomic E-state index is -0.710. The van der Waals surface area contributed by atoms with E-state index < -0.39 is 5.60 Å². The molecule has 2 heterocycles. The highest BCUT2D eigenvalue weighted by Crippen LogP contribution is 2.21. The fraction of sp³-hybridized carbons (Fsp3) is 0.684. The second-order valence-electron chi connectivity index (χ2n) is 8.37. The number of hydrogen-bond acceptors (Lipinski definition) is 4. The molecule has 1 aliphatic heterocycles. The van der Waals surface area contributed by atoms with Gasteiger partial charge in [0.15, 0.2) is 0 Å². The molecule has 0 aliphatic carbocycles. The molecule has 2 rings (SSSR count). The number of aromatic nitrogens is 1. The average molecular weight is 348 g/mol. The van der Waals surface area contributed by atoms with Gasteiger partial charge in [-0.05, 0) is 38.5 Å². The van der Waals surface area contributed by atoms with E-state index in [0.29, 0.717) is 19.6 Å². The molecule has 1 aromatic rings. The van der Waals surface area contributed by atoms with Crippen LogP contribution in [0.25, 0.3) is 0 Å². The van der Waals surface area contributed by atoms with Crippen molar-refractivity contribution in [1.82, 2.24) is 20.1 Å². The van der Waals surface area contributed by atoms with Crippen molar-refractivity contribution in [2.45, 2.75) is 51.7 Å². The summed E-state index contributed by atoms with van der Waals surface area (Å²) < 4.78 is 0. The molecule has 1 unspecified atom stereocenters. The largest absolute Gasteiger partial charge is 0.389 e. The number of rotatable bonds is 5. The predicted molar refractivity (Wildman–Crippen MR) is 99.6 cm³/mol. The third-order valence-corrected chi connectivity index (χ3v) is 4.73. The topological polar surface area (TPSA) is 68.7 Å². The van der Waals surface area contributed by atoms with Crippen molar-refractivity contribution in [3.05, 3.63) is 30.1 Å². The van der Waals surface area contributed by atoms with Gasteiger partial charge in [-0.3, -0.25) is 9.88 Å². The number of nitrogens with one attached hydrogen (secondary N) is 1. The van der Waals surface area contributed by atoms with Gasteiger partial charge in [-0.25, -0.2) is 4.79 Å². The fourth-order valence-electron chi connectivity index (χ4n) is 3.33. The van der Waals surface area contributed by atoms with Crippen LogP contribution in [0, 0.1) is 0 Å². The molecule has 0 aromatic carbocycles. The summed E-state index contributed by atoms with van der Waals surface area (Å²) in [6.45, 7) is 13.4. The molecule has 0 bridgehead atoms. The molecule has 140 valence electrons. The zero-order chi connectivity index (χ0) is 18.7. The lowest BCUT2D eigenvalue weighted by Crippen LogP contribution is -2.58. The van der Waals surface area contributed by atoms with Crippen LogP contribution in [-0.4, -0.2) is 70.3 Å². The van der Waals surface area contributed by atoms with Gasteiger partial charge in [0.2, 0.25) is 0 Å². The predicted octanol–water partition coefficient (Wildman–Crippen LogP) is 1.85. The Hall–Kier alpha value is -1.66. The lowest BCUT2D eigenvalue weighted by Gasteiger charge is -2.41. The number of nitrogens with zero attached hydrogens (tertiary/aromatic N) is 3. The molecular weight excluding hydrogens is 316 g/mol. The zero-order valence-electron chi connectivity index (χ0n) is 16.1. The van der Waals surface area contributed by atoms with Crippen molar-refractivity contribution in [2.24, 2.45) is 0 Å². The highest BCUT2D eigenvalue weighted by molar-refractivity contribution is 5.74. The molecule has 1 saturated heterocycles. The summed E-state index contributed by atoms with van der Waals surface area (Å²) in [6, 6.07) is 4.09. The van der Waals surface area contributed by atoms with E-state index in [-0.39, 0.29) is 17.5 Å². The fourth-order valence-corrected chi connectivity index (χ4v) is 3.33. The molecule has 2 N–H and O–H groups in total. The van der Waals surface area contributed by atoms with E-state index in [1.807, 2.05) is 30.9 Å². The second kappa shape index (κ2) is 7.70. The third kappa shape index (κ3) is 5.68. The first-order chi connectivity index (χ1) is 11.6. The second-order valence-corrected chi connectivity index (χ2v) is 8.37. The Bertz CT molecular complexity index is 569. The Morgan fingerprint density at radius 3 is 2.48 bits per heavy atom. The number of aliphatic hydroxyl groups is 1. The van der Waals surface area contributed by atoms with Gasteiger partial charge in [0.25, 0.3) is 0 Å². The van der Waals surface area contributed by atoms with E-state index >= 15 is 0 Å². The van der Waals surface area contributed by atoms with E-state index in [1.165, 1.54) is 0 Å². The van der Waals surface area contributed by atoms with Gasteiger partial charge < -0.3 is 15.3 Å². The molecular formula is C19H32N4O2. The Morgan fingerprint density at radius 2 is 1.92 bits per heavy atom. The normalized spacial score (nSPS) is 19.8. The van der Waals surface area contributed by atoms with Gasteiger partial charge in [0.1, 0.15) is 0 Å². The number of urea groups is 1.